The van der Waals surface area contributed by atoms with E-state index in [-0.39, 0.29) is 13.2 Å². The molecular formula is C15H30O14. The van der Waals surface area contributed by atoms with Crippen LogP contribution in [0.25, 0.3) is 0 Å². The second-order valence-corrected chi connectivity index (χ2v) is 6.58. The summed E-state index contributed by atoms with van der Waals surface area (Å²) in [6.07, 6.45) is -13.6. The van der Waals surface area contributed by atoms with E-state index in [9.17, 15) is 30.6 Å². The van der Waals surface area contributed by atoms with Gasteiger partial charge in [0.1, 0.15) is 55.4 Å². The molecule has 11 N–H and O–H groups in total. The average Bonchev–Trinajstić information content (AvgIpc) is 2.98. The van der Waals surface area contributed by atoms with E-state index < -0.39 is 80.7 Å². The SMILES string of the molecule is OCC(O)CO.OC[C@H]1OC(CO)(O[C@H]2O[C@H](CO)[C@@H](O)[C@H](O)[C@H]2O)[C@@H](O)[C@@H]1O. The first-order valence-electron chi connectivity index (χ1n) is 8.76. The molecule has 2 saturated heterocycles. The van der Waals surface area contributed by atoms with Crippen LogP contribution < -0.4 is 0 Å². The van der Waals surface area contributed by atoms with Gasteiger partial charge in [0.25, 0.3) is 0 Å². The lowest BCUT2D eigenvalue weighted by Gasteiger charge is -2.43. The van der Waals surface area contributed by atoms with Gasteiger partial charge in [-0.2, -0.15) is 0 Å². The van der Waals surface area contributed by atoms with Crippen molar-refractivity contribution in [1.29, 1.82) is 0 Å². The molecule has 14 heteroatoms. The van der Waals surface area contributed by atoms with Crippen LogP contribution in [0, 0.1) is 0 Å². The van der Waals surface area contributed by atoms with Crippen LogP contribution in [-0.2, 0) is 14.2 Å². The highest BCUT2D eigenvalue weighted by Crippen LogP contribution is 2.35. The van der Waals surface area contributed by atoms with Crippen molar-refractivity contribution in [3.63, 3.8) is 0 Å². The van der Waals surface area contributed by atoms with E-state index in [0.29, 0.717) is 0 Å². The van der Waals surface area contributed by atoms with Gasteiger partial charge < -0.3 is 70.4 Å². The molecule has 2 fully saturated rings. The van der Waals surface area contributed by atoms with Crippen molar-refractivity contribution in [2.24, 2.45) is 0 Å². The maximum atomic E-state index is 10.00. The maximum Gasteiger partial charge on any atom is 0.224 e. The van der Waals surface area contributed by atoms with Crippen molar-refractivity contribution in [1.82, 2.24) is 0 Å². The Kier molecular flexibility index (Phi) is 10.7. The third-order valence-corrected chi connectivity index (χ3v) is 4.49. The number of ether oxygens (including phenoxy) is 3. The fraction of sp³-hybridized carbons (Fsp3) is 1.00. The highest BCUT2D eigenvalue weighted by molar-refractivity contribution is 4.98. The van der Waals surface area contributed by atoms with Gasteiger partial charge in [-0.15, -0.1) is 0 Å². The number of hydrogen-bond acceptors (Lipinski definition) is 14. The second kappa shape index (κ2) is 11.7. The summed E-state index contributed by atoms with van der Waals surface area (Å²) in [5.41, 5.74) is 0. The topological polar surface area (TPSA) is 250 Å². The molecule has 14 nitrogen and oxygen atoms in total. The molecule has 0 aromatic heterocycles. The zero-order chi connectivity index (χ0) is 22.4. The van der Waals surface area contributed by atoms with E-state index in [1.165, 1.54) is 0 Å². The van der Waals surface area contributed by atoms with Crippen molar-refractivity contribution >= 4 is 0 Å². The zero-order valence-electron chi connectivity index (χ0n) is 15.4. The molecular weight excluding hydrogens is 404 g/mol. The van der Waals surface area contributed by atoms with Crippen molar-refractivity contribution < 1.29 is 70.4 Å². The monoisotopic (exact) mass is 434 g/mol. The first-order chi connectivity index (χ1) is 13.6. The molecule has 0 spiro atoms. The van der Waals surface area contributed by atoms with Crippen molar-refractivity contribution in [2.75, 3.05) is 33.0 Å². The summed E-state index contributed by atoms with van der Waals surface area (Å²) in [5.74, 6) is -2.22. The lowest BCUT2D eigenvalue weighted by Crippen LogP contribution is -2.62. The zero-order valence-corrected chi connectivity index (χ0v) is 15.4. The Hall–Kier alpha value is -0.560. The van der Waals surface area contributed by atoms with Crippen molar-refractivity contribution in [3.8, 4) is 0 Å². The highest BCUT2D eigenvalue weighted by Gasteiger charge is 2.58. The molecule has 0 amide bonds. The van der Waals surface area contributed by atoms with E-state index >= 15 is 0 Å². The summed E-state index contributed by atoms with van der Waals surface area (Å²) in [7, 11) is 0. The normalized spacial score (nSPS) is 42.6. The molecule has 2 aliphatic rings. The summed E-state index contributed by atoms with van der Waals surface area (Å²) in [6, 6.07) is 0. The molecule has 0 aromatic carbocycles. The van der Waals surface area contributed by atoms with Crippen molar-refractivity contribution in [3.05, 3.63) is 0 Å². The molecule has 0 aromatic rings. The van der Waals surface area contributed by atoms with Crippen LogP contribution in [0.1, 0.15) is 0 Å². The van der Waals surface area contributed by atoms with Crippen molar-refractivity contribution in [2.45, 2.75) is 60.9 Å². The Morgan fingerprint density at radius 1 is 0.759 bits per heavy atom. The Labute approximate surface area is 165 Å². The summed E-state index contributed by atoms with van der Waals surface area (Å²) in [6.45, 7) is -3.05. The molecule has 29 heavy (non-hydrogen) atoms. The third kappa shape index (κ3) is 5.99. The molecule has 9 atom stereocenters. The Morgan fingerprint density at radius 2 is 1.31 bits per heavy atom. The minimum Gasteiger partial charge on any atom is -0.394 e. The van der Waals surface area contributed by atoms with Crippen LogP contribution in [0.5, 0.6) is 0 Å². The fourth-order valence-electron chi connectivity index (χ4n) is 2.69. The number of rotatable bonds is 7. The van der Waals surface area contributed by atoms with Crippen LogP contribution >= 0.6 is 0 Å². The first kappa shape index (κ1) is 26.5. The Morgan fingerprint density at radius 3 is 1.69 bits per heavy atom. The largest absolute Gasteiger partial charge is 0.394 e. The van der Waals surface area contributed by atoms with E-state index in [4.69, 9.17) is 39.7 Å². The standard InChI is InChI=1S/C12H22O11.C3H8O3/c13-1-4-6(16)8(18)9(19)11(21-4)23-12(3-15)10(20)7(17)5(2-14)22-12;4-1-3(6)2-5/h4-11,13-20H,1-3H2;3-6H,1-2H2/t4-,5-,6-,7-,8+,9-,10+,11-,12?;/m1./s1. The van der Waals surface area contributed by atoms with Gasteiger partial charge in [0.05, 0.1) is 26.4 Å². The van der Waals surface area contributed by atoms with E-state index in [0.717, 1.165) is 0 Å². The van der Waals surface area contributed by atoms with Gasteiger partial charge in [0.2, 0.25) is 5.79 Å². The van der Waals surface area contributed by atoms with Gasteiger partial charge in [0.15, 0.2) is 6.29 Å². The lowest BCUT2D eigenvalue weighted by molar-refractivity contribution is -0.383. The van der Waals surface area contributed by atoms with Gasteiger partial charge in [-0.05, 0) is 0 Å². The van der Waals surface area contributed by atoms with Gasteiger partial charge in [-0.25, -0.2) is 0 Å². The quantitative estimate of drug-likeness (QED) is 0.178. The van der Waals surface area contributed by atoms with Crippen LogP contribution in [-0.4, -0.2) is 150 Å². The summed E-state index contributed by atoms with van der Waals surface area (Å²) in [5, 5.41) is 101. The van der Waals surface area contributed by atoms with Crippen LogP contribution in [0.3, 0.4) is 0 Å². The van der Waals surface area contributed by atoms with Crippen LogP contribution in [0.2, 0.25) is 0 Å². The molecule has 0 aliphatic carbocycles. The van der Waals surface area contributed by atoms with E-state index in [1.54, 1.807) is 0 Å². The minimum atomic E-state index is -2.22. The maximum absolute atomic E-state index is 10.00. The minimum absolute atomic E-state index is 0.365. The van der Waals surface area contributed by atoms with E-state index in [2.05, 4.69) is 0 Å². The molecule has 2 rings (SSSR count). The molecule has 2 heterocycles. The van der Waals surface area contributed by atoms with Crippen LogP contribution in [0.4, 0.5) is 0 Å². The summed E-state index contributed by atoms with van der Waals surface area (Å²) in [4.78, 5) is 0. The Balaban J connectivity index is 0.000000612. The van der Waals surface area contributed by atoms with Gasteiger partial charge in [-0.3, -0.25) is 0 Å². The van der Waals surface area contributed by atoms with Gasteiger partial charge in [0, 0.05) is 0 Å². The lowest BCUT2D eigenvalue weighted by atomic mass is 9.99. The molecule has 0 saturated carbocycles. The molecule has 174 valence electrons. The van der Waals surface area contributed by atoms with Gasteiger partial charge >= 0.3 is 0 Å². The smallest absolute Gasteiger partial charge is 0.224 e. The Bertz CT molecular complexity index is 462. The average molecular weight is 434 g/mol. The first-order valence-corrected chi connectivity index (χ1v) is 8.76. The fourth-order valence-corrected chi connectivity index (χ4v) is 2.69. The highest BCUT2D eigenvalue weighted by atomic mass is 16.8. The van der Waals surface area contributed by atoms with Crippen LogP contribution in [0.15, 0.2) is 0 Å². The molecule has 2 aliphatic heterocycles. The third-order valence-electron chi connectivity index (χ3n) is 4.49. The predicted octanol–water partition coefficient (Wildman–Crippen LogP) is -7.06. The predicted molar refractivity (Wildman–Crippen MR) is 88.8 cm³/mol. The summed E-state index contributed by atoms with van der Waals surface area (Å²) >= 11 is 0. The summed E-state index contributed by atoms with van der Waals surface area (Å²) < 4.78 is 15.4. The van der Waals surface area contributed by atoms with E-state index in [1.807, 2.05) is 0 Å². The number of hydrogen-bond donors (Lipinski definition) is 11. The number of aliphatic hydroxyl groups is 11. The molecule has 0 bridgehead atoms. The second-order valence-electron chi connectivity index (χ2n) is 6.58. The number of aliphatic hydroxyl groups excluding tert-OH is 11. The molecule has 0 radical (unpaired) electrons. The molecule has 1 unspecified atom stereocenters. The van der Waals surface area contributed by atoms with Gasteiger partial charge in [-0.1, -0.05) is 0 Å².